The number of ether oxygens (including phenoxy) is 4. The van der Waals surface area contributed by atoms with Crippen molar-refractivity contribution in [2.24, 2.45) is 4.99 Å². The zero-order valence-corrected chi connectivity index (χ0v) is 27.5. The van der Waals surface area contributed by atoms with Crippen LogP contribution in [-0.2, 0) is 16.1 Å². The Kier molecular flexibility index (Phi) is 9.56. The van der Waals surface area contributed by atoms with Crippen LogP contribution in [0.15, 0.2) is 112 Å². The predicted molar refractivity (Wildman–Crippen MR) is 183 cm³/mol. The molecule has 0 bridgehead atoms. The van der Waals surface area contributed by atoms with Crippen LogP contribution in [0, 0.1) is 0 Å². The van der Waals surface area contributed by atoms with Gasteiger partial charge in [0.15, 0.2) is 16.3 Å². The van der Waals surface area contributed by atoms with E-state index < -0.39 is 12.0 Å². The predicted octanol–water partition coefficient (Wildman–Crippen LogP) is 6.19. The highest BCUT2D eigenvalue weighted by Crippen LogP contribution is 2.36. The van der Waals surface area contributed by atoms with E-state index in [-0.39, 0.29) is 17.7 Å². The van der Waals surface area contributed by atoms with Crippen LogP contribution in [0.1, 0.15) is 35.2 Å². The van der Waals surface area contributed by atoms with Crippen LogP contribution in [0.25, 0.3) is 11.8 Å². The molecule has 6 rings (SSSR count). The normalized spacial score (nSPS) is 14.3. The Balaban J connectivity index is 1.46. The summed E-state index contributed by atoms with van der Waals surface area (Å²) in [6, 6.07) is 28.9. The molecule has 0 saturated carbocycles. The average molecular weight is 667 g/mol. The van der Waals surface area contributed by atoms with Crippen LogP contribution in [0.5, 0.6) is 17.2 Å². The molecule has 0 spiro atoms. The number of nitrogens with zero attached hydrogens (tertiary/aromatic N) is 2. The van der Waals surface area contributed by atoms with Crippen molar-refractivity contribution in [1.29, 1.82) is 0 Å². The minimum atomic E-state index is -0.785. The van der Waals surface area contributed by atoms with Gasteiger partial charge in [-0.15, -0.1) is 0 Å². The van der Waals surface area contributed by atoms with E-state index in [1.165, 1.54) is 11.3 Å². The lowest BCUT2D eigenvalue weighted by molar-refractivity contribution is -0.138. The minimum Gasteiger partial charge on any atom is -0.497 e. The van der Waals surface area contributed by atoms with Crippen LogP contribution < -0.4 is 29.1 Å². The monoisotopic (exact) mass is 666 g/mol. The van der Waals surface area contributed by atoms with Crippen molar-refractivity contribution in [2.75, 3.05) is 20.8 Å². The first-order valence-electron chi connectivity index (χ1n) is 14.9. The molecule has 0 N–H and O–H groups in total. The second-order valence-corrected chi connectivity index (χ2v) is 12.0. The van der Waals surface area contributed by atoms with Gasteiger partial charge in [0.1, 0.15) is 12.4 Å². The van der Waals surface area contributed by atoms with E-state index in [1.54, 1.807) is 43.9 Å². The number of rotatable bonds is 10. The third-order valence-corrected chi connectivity index (χ3v) is 8.83. The lowest BCUT2D eigenvalue weighted by Crippen LogP contribution is -2.40. The fraction of sp³-hybridized carbons (Fsp3) is 0.162. The molecule has 4 aromatic carbocycles. The summed E-state index contributed by atoms with van der Waals surface area (Å²) >= 11 is 7.25. The lowest BCUT2D eigenvalue weighted by Gasteiger charge is -2.26. The molecule has 1 aliphatic rings. The molecule has 0 unspecified atom stereocenters. The first kappa shape index (κ1) is 31.8. The molecule has 0 aliphatic carbocycles. The molecule has 1 atom stereocenters. The van der Waals surface area contributed by atoms with Crippen LogP contribution >= 0.6 is 22.9 Å². The number of hydrogen-bond donors (Lipinski definition) is 0. The van der Waals surface area contributed by atoms with E-state index in [1.807, 2.05) is 84.9 Å². The molecular formula is C37H31ClN2O6S. The summed E-state index contributed by atoms with van der Waals surface area (Å²) in [6.07, 6.45) is 1.79. The molecule has 1 aromatic heterocycles. The SMILES string of the molecule is CCOC(=O)C1=C(c2ccccc2)N=c2s/c(=C\c3ccc(OCc4ccc(Cl)cc4)c(OC)c3)c(=O)n2[C@H]1c1ccc(OC)cc1. The highest BCUT2D eigenvalue weighted by Gasteiger charge is 2.35. The van der Waals surface area contributed by atoms with Crippen LogP contribution in [0.3, 0.4) is 0 Å². The van der Waals surface area contributed by atoms with Gasteiger partial charge in [-0.3, -0.25) is 9.36 Å². The maximum atomic E-state index is 14.2. The van der Waals surface area contributed by atoms with Crippen LogP contribution in [0.2, 0.25) is 5.02 Å². The summed E-state index contributed by atoms with van der Waals surface area (Å²) in [5, 5.41) is 0.657. The minimum absolute atomic E-state index is 0.172. The van der Waals surface area contributed by atoms with Crippen molar-refractivity contribution in [3.63, 3.8) is 0 Å². The van der Waals surface area contributed by atoms with Crippen molar-refractivity contribution in [1.82, 2.24) is 4.57 Å². The Labute approximate surface area is 280 Å². The Bertz CT molecular complexity index is 2120. The summed E-state index contributed by atoms with van der Waals surface area (Å²) in [5.41, 5.74) is 3.61. The Morgan fingerprint density at radius 2 is 1.68 bits per heavy atom. The van der Waals surface area contributed by atoms with Gasteiger partial charge in [0, 0.05) is 10.6 Å². The first-order chi connectivity index (χ1) is 22.9. The van der Waals surface area contributed by atoms with Gasteiger partial charge in [-0.1, -0.05) is 83.6 Å². The second kappa shape index (κ2) is 14.1. The highest BCUT2D eigenvalue weighted by atomic mass is 35.5. The summed E-state index contributed by atoms with van der Waals surface area (Å²) in [7, 11) is 3.15. The number of carbonyl (C=O) groups is 1. The van der Waals surface area contributed by atoms with Crippen LogP contribution in [0.4, 0.5) is 0 Å². The van der Waals surface area contributed by atoms with Gasteiger partial charge in [-0.25, -0.2) is 9.79 Å². The molecule has 0 amide bonds. The van der Waals surface area contributed by atoms with Gasteiger partial charge < -0.3 is 18.9 Å². The molecule has 8 nitrogen and oxygen atoms in total. The number of thiazole rings is 1. The van der Waals surface area contributed by atoms with Gasteiger partial charge in [0.25, 0.3) is 5.56 Å². The molecule has 0 saturated heterocycles. The van der Waals surface area contributed by atoms with Gasteiger partial charge in [0.05, 0.1) is 42.7 Å². The maximum absolute atomic E-state index is 14.2. The molecule has 2 heterocycles. The van der Waals surface area contributed by atoms with Crippen molar-refractivity contribution in [3.05, 3.63) is 150 Å². The van der Waals surface area contributed by atoms with Crippen molar-refractivity contribution in [3.8, 4) is 17.2 Å². The van der Waals surface area contributed by atoms with Crippen LogP contribution in [-0.4, -0.2) is 31.4 Å². The average Bonchev–Trinajstić information content (AvgIpc) is 3.41. The Hall–Kier alpha value is -5.12. The standard InChI is InChI=1S/C37H31ClN2O6S/c1-4-45-36(42)32-33(25-8-6-5-7-9-25)39-37-40(34(32)26-13-17-28(43-2)18-14-26)35(41)31(47-37)21-24-12-19-29(30(20-24)44-3)46-22-23-10-15-27(38)16-11-23/h5-21,34H,4,22H2,1-3H3/b31-21-/t34-/m0/s1. The largest absolute Gasteiger partial charge is 0.497 e. The number of methoxy groups -OCH3 is 2. The third-order valence-electron chi connectivity index (χ3n) is 7.60. The fourth-order valence-corrected chi connectivity index (χ4v) is 6.46. The topological polar surface area (TPSA) is 88.4 Å². The molecule has 1 aliphatic heterocycles. The number of halogens is 1. The zero-order valence-electron chi connectivity index (χ0n) is 25.9. The quantitative estimate of drug-likeness (QED) is 0.165. The van der Waals surface area contributed by atoms with Gasteiger partial charge in [-0.2, -0.15) is 0 Å². The molecule has 10 heteroatoms. The summed E-state index contributed by atoms with van der Waals surface area (Å²) in [4.78, 5) is 33.2. The number of fused-ring (bicyclic) bond motifs is 1. The molecular weight excluding hydrogens is 636 g/mol. The first-order valence-corrected chi connectivity index (χ1v) is 16.1. The summed E-state index contributed by atoms with van der Waals surface area (Å²) in [6.45, 7) is 2.26. The highest BCUT2D eigenvalue weighted by molar-refractivity contribution is 7.07. The van der Waals surface area contributed by atoms with E-state index in [9.17, 15) is 9.59 Å². The van der Waals surface area contributed by atoms with Crippen molar-refractivity contribution < 1.29 is 23.7 Å². The van der Waals surface area contributed by atoms with E-state index in [0.717, 1.165) is 16.7 Å². The van der Waals surface area contributed by atoms with Gasteiger partial charge in [-0.05, 0) is 66.1 Å². The summed E-state index contributed by atoms with van der Waals surface area (Å²) < 4.78 is 24.6. The third kappa shape index (κ3) is 6.72. The number of benzene rings is 4. The van der Waals surface area contributed by atoms with Crippen molar-refractivity contribution >= 4 is 40.7 Å². The smallest absolute Gasteiger partial charge is 0.338 e. The maximum Gasteiger partial charge on any atom is 0.338 e. The Morgan fingerprint density at radius 3 is 2.36 bits per heavy atom. The number of esters is 1. The molecule has 238 valence electrons. The van der Waals surface area contributed by atoms with E-state index in [0.29, 0.717) is 49.5 Å². The summed E-state index contributed by atoms with van der Waals surface area (Å²) in [5.74, 6) is 1.20. The molecule has 0 radical (unpaired) electrons. The van der Waals surface area contributed by atoms with Gasteiger partial charge >= 0.3 is 5.97 Å². The molecule has 0 fully saturated rings. The Morgan fingerprint density at radius 1 is 0.936 bits per heavy atom. The number of hydrogen-bond acceptors (Lipinski definition) is 8. The zero-order chi connectivity index (χ0) is 32.9. The lowest BCUT2D eigenvalue weighted by atomic mass is 9.93. The molecule has 5 aromatic rings. The molecule has 47 heavy (non-hydrogen) atoms. The second-order valence-electron chi connectivity index (χ2n) is 10.5. The fourth-order valence-electron chi connectivity index (χ4n) is 5.33. The van der Waals surface area contributed by atoms with E-state index in [4.69, 9.17) is 35.5 Å². The number of aromatic nitrogens is 1. The number of carbonyl (C=O) groups excluding carboxylic acids is 1. The van der Waals surface area contributed by atoms with Crippen molar-refractivity contribution in [2.45, 2.75) is 19.6 Å². The van der Waals surface area contributed by atoms with E-state index >= 15 is 0 Å². The van der Waals surface area contributed by atoms with E-state index in [2.05, 4.69) is 0 Å². The van der Waals surface area contributed by atoms with Gasteiger partial charge in [0.2, 0.25) is 0 Å².